The van der Waals surface area contributed by atoms with E-state index in [-0.39, 0.29) is 0 Å². The van der Waals surface area contributed by atoms with E-state index in [1.807, 2.05) is 41.7 Å². The fourth-order valence-corrected chi connectivity index (χ4v) is 9.69. The number of nitrogens with zero attached hydrogens (tertiary/aromatic N) is 4. The van der Waals surface area contributed by atoms with Crippen LogP contribution >= 0.6 is 11.3 Å². The summed E-state index contributed by atoms with van der Waals surface area (Å²) in [6.07, 6.45) is 0. The van der Waals surface area contributed by atoms with Gasteiger partial charge in [0.15, 0.2) is 23.1 Å². The van der Waals surface area contributed by atoms with Gasteiger partial charge in [-0.15, -0.1) is 11.3 Å². The molecule has 0 fully saturated rings. The molecule has 0 unspecified atom stereocenters. The van der Waals surface area contributed by atoms with Gasteiger partial charge in [-0.05, 0) is 47.5 Å². The molecule has 0 atom stereocenters. The number of fused-ring (bicyclic) bond motifs is 9. The Morgan fingerprint density at radius 1 is 0.404 bits per heavy atom. The first-order valence-corrected chi connectivity index (χ1v) is 19.8. The highest BCUT2D eigenvalue weighted by Crippen LogP contribution is 2.42. The average Bonchev–Trinajstić information content (AvgIpc) is 3.96. The number of furan rings is 1. The number of hydrogen-bond acceptors (Lipinski definition) is 5. The van der Waals surface area contributed by atoms with Gasteiger partial charge in [0, 0.05) is 58.4 Å². The third kappa shape index (κ3) is 5.04. The van der Waals surface area contributed by atoms with Crippen LogP contribution in [0.5, 0.6) is 0 Å². The van der Waals surface area contributed by atoms with Crippen molar-refractivity contribution < 1.29 is 4.42 Å². The lowest BCUT2D eigenvalue weighted by Gasteiger charge is -2.08. The maximum absolute atomic E-state index is 6.83. The lowest BCUT2D eigenvalue weighted by molar-refractivity contribution is 0.666. The number of thiophene rings is 1. The van der Waals surface area contributed by atoms with Crippen molar-refractivity contribution in [1.82, 2.24) is 19.5 Å². The molecule has 0 aliphatic heterocycles. The van der Waals surface area contributed by atoms with Crippen LogP contribution in [-0.2, 0) is 0 Å². The molecule has 0 saturated carbocycles. The van der Waals surface area contributed by atoms with E-state index in [0.29, 0.717) is 17.5 Å². The van der Waals surface area contributed by atoms with Crippen LogP contribution in [0.3, 0.4) is 0 Å². The molecule has 0 N–H and O–H groups in total. The summed E-state index contributed by atoms with van der Waals surface area (Å²) in [7, 11) is 0. The Hall–Kier alpha value is -7.41. The summed E-state index contributed by atoms with van der Waals surface area (Å²) in [6, 6.07) is 63.7. The Morgan fingerprint density at radius 3 is 1.68 bits per heavy atom. The van der Waals surface area contributed by atoms with Gasteiger partial charge in [0.2, 0.25) is 0 Å². The van der Waals surface area contributed by atoms with Crippen molar-refractivity contribution in [3.8, 4) is 51.0 Å². The monoisotopic (exact) mass is 746 g/mol. The molecule has 57 heavy (non-hydrogen) atoms. The van der Waals surface area contributed by atoms with E-state index in [1.165, 1.54) is 42.1 Å². The Balaban J connectivity index is 1.01. The molecule has 0 aliphatic rings. The van der Waals surface area contributed by atoms with Crippen LogP contribution in [0.2, 0.25) is 0 Å². The van der Waals surface area contributed by atoms with E-state index in [1.54, 1.807) is 0 Å². The van der Waals surface area contributed by atoms with Crippen molar-refractivity contribution in [1.29, 1.82) is 0 Å². The van der Waals surface area contributed by atoms with Crippen molar-refractivity contribution in [2.45, 2.75) is 0 Å². The lowest BCUT2D eigenvalue weighted by Crippen LogP contribution is -2.00. The normalized spacial score (nSPS) is 11.9. The van der Waals surface area contributed by atoms with Gasteiger partial charge in [-0.2, -0.15) is 0 Å². The molecular weight excluding hydrogens is 717 g/mol. The first-order valence-electron chi connectivity index (χ1n) is 19.0. The molecule has 266 valence electrons. The van der Waals surface area contributed by atoms with Crippen LogP contribution in [0.1, 0.15) is 0 Å². The van der Waals surface area contributed by atoms with E-state index < -0.39 is 0 Å². The fraction of sp³-hybridized carbons (Fsp3) is 0. The standard InChI is InChI=1S/C51H30N4OS/c1-3-13-31(14-4-1)35-19-11-21-41-39-28-26-34(30-46(39)57-48(35)41)51-53-49(32-15-5-2-6-16-32)52-50(54-51)33-25-27-38-40-20-12-24-44(47(40)56-45(38)29-33)55-42-22-9-7-17-36(42)37-18-8-10-23-43(37)55/h1-30H. The molecule has 0 radical (unpaired) electrons. The molecule has 0 saturated heterocycles. The summed E-state index contributed by atoms with van der Waals surface area (Å²) in [5, 5.41) is 7.01. The third-order valence-electron chi connectivity index (χ3n) is 11.1. The number of rotatable bonds is 5. The van der Waals surface area contributed by atoms with Gasteiger partial charge in [-0.1, -0.05) is 146 Å². The van der Waals surface area contributed by atoms with Crippen LogP contribution in [0.25, 0.3) is 115 Å². The van der Waals surface area contributed by atoms with Crippen molar-refractivity contribution in [3.63, 3.8) is 0 Å². The average molecular weight is 747 g/mol. The van der Waals surface area contributed by atoms with E-state index in [0.717, 1.165) is 55.3 Å². The molecule has 8 aromatic carbocycles. The second-order valence-corrected chi connectivity index (χ2v) is 15.4. The molecule has 4 heterocycles. The summed E-state index contributed by atoms with van der Waals surface area (Å²) >= 11 is 1.81. The van der Waals surface area contributed by atoms with Crippen molar-refractivity contribution in [2.75, 3.05) is 0 Å². The van der Waals surface area contributed by atoms with Gasteiger partial charge in [-0.25, -0.2) is 15.0 Å². The van der Waals surface area contributed by atoms with Gasteiger partial charge in [0.05, 0.1) is 16.7 Å². The van der Waals surface area contributed by atoms with Gasteiger partial charge in [0.1, 0.15) is 5.58 Å². The zero-order chi connectivity index (χ0) is 37.5. The predicted octanol–water partition coefficient (Wildman–Crippen LogP) is 13.9. The summed E-state index contributed by atoms with van der Waals surface area (Å²) < 4.78 is 11.6. The molecule has 4 aromatic heterocycles. The minimum Gasteiger partial charge on any atom is -0.454 e. The zero-order valence-electron chi connectivity index (χ0n) is 30.4. The molecule has 12 aromatic rings. The highest BCUT2D eigenvalue weighted by Gasteiger charge is 2.20. The maximum atomic E-state index is 6.83. The van der Waals surface area contributed by atoms with Crippen LogP contribution in [0.15, 0.2) is 186 Å². The van der Waals surface area contributed by atoms with Gasteiger partial charge in [-0.3, -0.25) is 0 Å². The second-order valence-electron chi connectivity index (χ2n) is 14.4. The second kappa shape index (κ2) is 12.6. The minimum atomic E-state index is 0.589. The Kier molecular flexibility index (Phi) is 7.03. The first-order chi connectivity index (χ1) is 28.2. The van der Waals surface area contributed by atoms with Crippen LogP contribution < -0.4 is 0 Å². The Bertz CT molecular complexity index is 3470. The molecule has 0 aliphatic carbocycles. The molecule has 0 bridgehead atoms. The van der Waals surface area contributed by atoms with Crippen molar-refractivity contribution in [3.05, 3.63) is 182 Å². The SMILES string of the molecule is c1ccc(-c2nc(-c3ccc4c(c3)oc3c(-n5c6ccccc6c6ccccc65)cccc34)nc(-c3ccc4c(c3)sc3c(-c5ccccc5)cccc34)n2)cc1. The molecule has 0 amide bonds. The van der Waals surface area contributed by atoms with E-state index in [4.69, 9.17) is 19.4 Å². The quantitative estimate of drug-likeness (QED) is 0.176. The topological polar surface area (TPSA) is 56.7 Å². The number of hydrogen-bond donors (Lipinski definition) is 0. The molecule has 12 rings (SSSR count). The van der Waals surface area contributed by atoms with Crippen LogP contribution in [0, 0.1) is 0 Å². The van der Waals surface area contributed by atoms with E-state index in [2.05, 4.69) is 156 Å². The largest absolute Gasteiger partial charge is 0.454 e. The predicted molar refractivity (Wildman–Crippen MR) is 236 cm³/mol. The number of aromatic nitrogens is 4. The summed E-state index contributed by atoms with van der Waals surface area (Å²) in [5.41, 5.74) is 10.1. The highest BCUT2D eigenvalue weighted by atomic mass is 32.1. The Labute approximate surface area is 330 Å². The van der Waals surface area contributed by atoms with Gasteiger partial charge in [0.25, 0.3) is 0 Å². The fourth-order valence-electron chi connectivity index (χ4n) is 8.41. The van der Waals surface area contributed by atoms with Crippen molar-refractivity contribution in [2.24, 2.45) is 0 Å². The van der Waals surface area contributed by atoms with E-state index in [9.17, 15) is 0 Å². The lowest BCUT2D eigenvalue weighted by atomic mass is 10.0. The number of benzene rings is 8. The minimum absolute atomic E-state index is 0.589. The molecule has 0 spiro atoms. The van der Waals surface area contributed by atoms with Crippen LogP contribution in [-0.4, -0.2) is 19.5 Å². The summed E-state index contributed by atoms with van der Waals surface area (Å²) in [6.45, 7) is 0. The number of para-hydroxylation sites is 3. The third-order valence-corrected chi connectivity index (χ3v) is 12.3. The summed E-state index contributed by atoms with van der Waals surface area (Å²) in [4.78, 5) is 15.3. The highest BCUT2D eigenvalue weighted by molar-refractivity contribution is 7.26. The van der Waals surface area contributed by atoms with Crippen molar-refractivity contribution >= 4 is 75.3 Å². The van der Waals surface area contributed by atoms with Crippen LogP contribution in [0.4, 0.5) is 0 Å². The zero-order valence-corrected chi connectivity index (χ0v) is 31.2. The maximum Gasteiger partial charge on any atom is 0.164 e. The smallest absolute Gasteiger partial charge is 0.164 e. The first kappa shape index (κ1) is 31.9. The molecular formula is C51H30N4OS. The molecule has 5 nitrogen and oxygen atoms in total. The van der Waals surface area contributed by atoms with E-state index >= 15 is 0 Å². The summed E-state index contributed by atoms with van der Waals surface area (Å²) in [5.74, 6) is 1.84. The molecule has 6 heteroatoms. The van der Waals surface area contributed by atoms with Gasteiger partial charge >= 0.3 is 0 Å². The van der Waals surface area contributed by atoms with Gasteiger partial charge < -0.3 is 8.98 Å². The Morgan fingerprint density at radius 2 is 0.965 bits per heavy atom.